The fraction of sp³-hybridized carbons (Fsp3) is 0. The summed E-state index contributed by atoms with van der Waals surface area (Å²) >= 11 is 3.09. The molecule has 0 aliphatic rings. The van der Waals surface area contributed by atoms with E-state index in [1.165, 1.54) is 18.3 Å². The Labute approximate surface area is 111 Å². The molecule has 4 nitrogen and oxygen atoms in total. The number of primary amides is 1. The van der Waals surface area contributed by atoms with Gasteiger partial charge in [-0.25, -0.2) is 9.37 Å². The van der Waals surface area contributed by atoms with Crippen molar-refractivity contribution in [2.45, 2.75) is 0 Å². The standard InChI is InChI=1S/C12H8BrFN2O2/c13-8-5-10(14)12(16-6-8)18-9-3-1-2-7(4-9)11(15)17/h1-6H,(H2,15,17). The molecule has 2 aromatic rings. The quantitative estimate of drug-likeness (QED) is 0.948. The van der Waals surface area contributed by atoms with Gasteiger partial charge in [0.1, 0.15) is 5.75 Å². The van der Waals surface area contributed by atoms with E-state index in [9.17, 15) is 9.18 Å². The number of carbonyl (C=O) groups is 1. The molecule has 6 heteroatoms. The summed E-state index contributed by atoms with van der Waals surface area (Å²) in [4.78, 5) is 14.8. The van der Waals surface area contributed by atoms with Gasteiger partial charge in [0.15, 0.2) is 5.82 Å². The Balaban J connectivity index is 2.28. The van der Waals surface area contributed by atoms with E-state index in [1.54, 1.807) is 18.2 Å². The number of nitrogens with zero attached hydrogens (tertiary/aromatic N) is 1. The third-order valence-corrected chi connectivity index (χ3v) is 2.54. The molecule has 1 amide bonds. The fourth-order valence-electron chi connectivity index (χ4n) is 1.30. The van der Waals surface area contributed by atoms with E-state index in [2.05, 4.69) is 20.9 Å². The largest absolute Gasteiger partial charge is 0.436 e. The van der Waals surface area contributed by atoms with Crippen molar-refractivity contribution >= 4 is 21.8 Å². The molecular formula is C12H8BrFN2O2. The Kier molecular flexibility index (Phi) is 3.57. The minimum atomic E-state index is -0.603. The topological polar surface area (TPSA) is 65.2 Å². The van der Waals surface area contributed by atoms with E-state index >= 15 is 0 Å². The molecule has 18 heavy (non-hydrogen) atoms. The van der Waals surface area contributed by atoms with Crippen molar-refractivity contribution in [3.8, 4) is 11.6 Å². The minimum Gasteiger partial charge on any atom is -0.436 e. The highest BCUT2D eigenvalue weighted by Crippen LogP contribution is 2.24. The summed E-state index contributed by atoms with van der Waals surface area (Å²) in [6.45, 7) is 0. The number of ether oxygens (including phenoxy) is 1. The van der Waals surface area contributed by atoms with Gasteiger partial charge in [-0.15, -0.1) is 0 Å². The molecule has 0 aliphatic carbocycles. The second kappa shape index (κ2) is 5.14. The molecule has 1 aromatic carbocycles. The number of nitrogens with two attached hydrogens (primary N) is 1. The zero-order chi connectivity index (χ0) is 13.1. The average Bonchev–Trinajstić information content (AvgIpc) is 2.33. The zero-order valence-corrected chi connectivity index (χ0v) is 10.6. The van der Waals surface area contributed by atoms with Crippen LogP contribution in [0.5, 0.6) is 11.6 Å². The van der Waals surface area contributed by atoms with Gasteiger partial charge in [0, 0.05) is 16.2 Å². The highest BCUT2D eigenvalue weighted by molar-refractivity contribution is 9.10. The molecule has 1 aromatic heterocycles. The molecule has 0 radical (unpaired) electrons. The molecule has 0 unspecified atom stereocenters. The van der Waals surface area contributed by atoms with Crippen LogP contribution in [-0.4, -0.2) is 10.9 Å². The number of hydrogen-bond donors (Lipinski definition) is 1. The van der Waals surface area contributed by atoms with Crippen LogP contribution in [0.2, 0.25) is 0 Å². The third kappa shape index (κ3) is 2.84. The lowest BCUT2D eigenvalue weighted by atomic mass is 10.2. The normalized spacial score (nSPS) is 10.1. The lowest BCUT2D eigenvalue weighted by Crippen LogP contribution is -2.10. The molecule has 0 saturated carbocycles. The molecule has 0 fully saturated rings. The second-order valence-corrected chi connectivity index (χ2v) is 4.35. The van der Waals surface area contributed by atoms with E-state index < -0.39 is 11.7 Å². The van der Waals surface area contributed by atoms with Crippen molar-refractivity contribution in [1.29, 1.82) is 0 Å². The summed E-state index contributed by atoms with van der Waals surface area (Å²) < 4.78 is 19.2. The SMILES string of the molecule is NC(=O)c1cccc(Oc2ncc(Br)cc2F)c1. The molecule has 0 bridgehead atoms. The van der Waals surface area contributed by atoms with Crippen LogP contribution in [0, 0.1) is 5.82 Å². The maximum Gasteiger partial charge on any atom is 0.255 e. The van der Waals surface area contributed by atoms with Gasteiger partial charge in [-0.05, 0) is 40.2 Å². The Morgan fingerprint density at radius 2 is 2.17 bits per heavy atom. The Hall–Kier alpha value is -1.95. The summed E-state index contributed by atoms with van der Waals surface area (Å²) in [5.74, 6) is -1.06. The van der Waals surface area contributed by atoms with Crippen LogP contribution in [0.1, 0.15) is 10.4 Å². The number of benzene rings is 1. The van der Waals surface area contributed by atoms with Crippen molar-refractivity contribution in [2.75, 3.05) is 0 Å². The molecule has 2 N–H and O–H groups in total. The summed E-state index contributed by atoms with van der Waals surface area (Å²) in [6.07, 6.45) is 1.41. The second-order valence-electron chi connectivity index (χ2n) is 3.43. The predicted octanol–water partition coefficient (Wildman–Crippen LogP) is 2.87. The number of carbonyl (C=O) groups excluding carboxylic acids is 1. The molecule has 0 aliphatic heterocycles. The first kappa shape index (κ1) is 12.5. The molecule has 2 rings (SSSR count). The number of hydrogen-bond acceptors (Lipinski definition) is 3. The van der Waals surface area contributed by atoms with Gasteiger partial charge in [0.25, 0.3) is 5.88 Å². The van der Waals surface area contributed by atoms with Crippen molar-refractivity contribution in [3.05, 3.63) is 52.4 Å². The lowest BCUT2D eigenvalue weighted by Gasteiger charge is -2.06. The number of amides is 1. The van der Waals surface area contributed by atoms with E-state index in [1.807, 2.05) is 0 Å². The first-order chi connectivity index (χ1) is 8.56. The van der Waals surface area contributed by atoms with Gasteiger partial charge in [0.2, 0.25) is 5.91 Å². The minimum absolute atomic E-state index is 0.167. The van der Waals surface area contributed by atoms with Gasteiger partial charge in [-0.2, -0.15) is 0 Å². The van der Waals surface area contributed by atoms with Gasteiger partial charge in [-0.3, -0.25) is 4.79 Å². The highest BCUT2D eigenvalue weighted by Gasteiger charge is 2.08. The van der Waals surface area contributed by atoms with Crippen LogP contribution < -0.4 is 10.5 Å². The molecule has 1 heterocycles. The lowest BCUT2D eigenvalue weighted by molar-refractivity contribution is 0.1000. The Bertz CT molecular complexity index is 604. The average molecular weight is 311 g/mol. The number of pyridine rings is 1. The summed E-state index contributed by atoms with van der Waals surface area (Å²) in [5, 5.41) is 0. The molecular weight excluding hydrogens is 303 g/mol. The van der Waals surface area contributed by atoms with E-state index in [0.717, 1.165) is 0 Å². The fourth-order valence-corrected chi connectivity index (χ4v) is 1.60. The summed E-state index contributed by atoms with van der Waals surface area (Å²) in [7, 11) is 0. The van der Waals surface area contributed by atoms with Crippen LogP contribution in [0.25, 0.3) is 0 Å². The van der Waals surface area contributed by atoms with Gasteiger partial charge in [0.05, 0.1) is 0 Å². The first-order valence-corrected chi connectivity index (χ1v) is 5.74. The molecule has 0 spiro atoms. The number of aromatic nitrogens is 1. The maximum absolute atomic E-state index is 13.5. The number of rotatable bonds is 3. The van der Waals surface area contributed by atoms with Crippen LogP contribution in [0.3, 0.4) is 0 Å². The van der Waals surface area contributed by atoms with Crippen molar-refractivity contribution < 1.29 is 13.9 Å². The van der Waals surface area contributed by atoms with Crippen molar-refractivity contribution in [1.82, 2.24) is 4.98 Å². The number of halogens is 2. The Morgan fingerprint density at radius 3 is 2.83 bits per heavy atom. The summed E-state index contributed by atoms with van der Waals surface area (Å²) in [5.41, 5.74) is 5.42. The first-order valence-electron chi connectivity index (χ1n) is 4.95. The van der Waals surface area contributed by atoms with Crippen LogP contribution in [0.4, 0.5) is 4.39 Å². The van der Waals surface area contributed by atoms with Gasteiger partial charge in [-0.1, -0.05) is 6.07 Å². The van der Waals surface area contributed by atoms with E-state index in [-0.39, 0.29) is 11.4 Å². The smallest absolute Gasteiger partial charge is 0.255 e. The molecule has 0 saturated heterocycles. The maximum atomic E-state index is 13.5. The van der Waals surface area contributed by atoms with Crippen molar-refractivity contribution in [3.63, 3.8) is 0 Å². The zero-order valence-electron chi connectivity index (χ0n) is 9.06. The molecule has 0 atom stereocenters. The predicted molar refractivity (Wildman–Crippen MR) is 66.9 cm³/mol. The monoisotopic (exact) mass is 310 g/mol. The Morgan fingerprint density at radius 1 is 1.39 bits per heavy atom. The van der Waals surface area contributed by atoms with Crippen LogP contribution >= 0.6 is 15.9 Å². The van der Waals surface area contributed by atoms with Crippen LogP contribution in [-0.2, 0) is 0 Å². The van der Waals surface area contributed by atoms with Gasteiger partial charge < -0.3 is 10.5 Å². The van der Waals surface area contributed by atoms with Crippen molar-refractivity contribution in [2.24, 2.45) is 5.73 Å². The summed E-state index contributed by atoms with van der Waals surface area (Å²) in [6, 6.07) is 7.37. The highest BCUT2D eigenvalue weighted by atomic mass is 79.9. The van der Waals surface area contributed by atoms with E-state index in [4.69, 9.17) is 10.5 Å². The van der Waals surface area contributed by atoms with E-state index in [0.29, 0.717) is 10.2 Å². The van der Waals surface area contributed by atoms with Gasteiger partial charge >= 0.3 is 0 Å². The van der Waals surface area contributed by atoms with Crippen LogP contribution in [0.15, 0.2) is 41.0 Å². The third-order valence-electron chi connectivity index (χ3n) is 2.11. The molecule has 92 valence electrons.